The average Bonchev–Trinajstić information content (AvgIpc) is 2.86. The number of unbranched alkanes of at least 4 members (excludes halogenated alkanes) is 1. The van der Waals surface area contributed by atoms with Gasteiger partial charge in [0.2, 0.25) is 0 Å². The Hall–Kier alpha value is -3.35. The molecule has 0 aliphatic rings. The lowest BCUT2D eigenvalue weighted by Gasteiger charge is -2.28. The van der Waals surface area contributed by atoms with Crippen molar-refractivity contribution in [1.82, 2.24) is 10.2 Å². The number of carbonyl (C=O) groups excluding carboxylic acids is 2. The van der Waals surface area contributed by atoms with Crippen LogP contribution in [0.4, 0.5) is 10.5 Å². The van der Waals surface area contributed by atoms with Crippen LogP contribution in [-0.2, 0) is 11.3 Å². The SMILES string of the molecule is CCCCC(CC)CN(Cc1ccc(C(=O)NCCC(=O)O)cc1)C(=O)Nc1ccc(C(C)C)cc1. The molecule has 7 heteroatoms. The second-order valence-corrected chi connectivity index (χ2v) is 9.60. The highest BCUT2D eigenvalue weighted by atomic mass is 16.4. The highest BCUT2D eigenvalue weighted by Gasteiger charge is 2.19. The fraction of sp³-hybridized carbons (Fsp3) is 0.483. The van der Waals surface area contributed by atoms with Gasteiger partial charge in [-0.1, -0.05) is 71.2 Å². The average molecular weight is 496 g/mol. The topological polar surface area (TPSA) is 98.7 Å². The van der Waals surface area contributed by atoms with Gasteiger partial charge in [0.05, 0.1) is 6.42 Å². The Balaban J connectivity index is 2.12. The second-order valence-electron chi connectivity index (χ2n) is 9.60. The van der Waals surface area contributed by atoms with E-state index >= 15 is 0 Å². The van der Waals surface area contributed by atoms with Crippen LogP contribution in [-0.4, -0.2) is 41.0 Å². The maximum Gasteiger partial charge on any atom is 0.322 e. The minimum atomic E-state index is -0.954. The Morgan fingerprint density at radius 1 is 0.972 bits per heavy atom. The number of rotatable bonds is 14. The van der Waals surface area contributed by atoms with E-state index in [1.807, 2.05) is 41.3 Å². The molecule has 1 unspecified atom stereocenters. The predicted molar refractivity (Wildman–Crippen MR) is 144 cm³/mol. The molecule has 0 radical (unpaired) electrons. The molecule has 2 aromatic rings. The zero-order valence-corrected chi connectivity index (χ0v) is 22.0. The number of hydrogen-bond acceptors (Lipinski definition) is 3. The van der Waals surface area contributed by atoms with Gasteiger partial charge in [0.1, 0.15) is 0 Å². The van der Waals surface area contributed by atoms with Crippen LogP contribution in [0.3, 0.4) is 0 Å². The van der Waals surface area contributed by atoms with E-state index < -0.39 is 5.97 Å². The van der Waals surface area contributed by atoms with Crippen molar-refractivity contribution in [1.29, 1.82) is 0 Å². The maximum absolute atomic E-state index is 13.3. The summed E-state index contributed by atoms with van der Waals surface area (Å²) in [6, 6.07) is 14.9. The molecule has 0 saturated carbocycles. The molecule has 0 aliphatic carbocycles. The van der Waals surface area contributed by atoms with Gasteiger partial charge in [0.15, 0.2) is 0 Å². The zero-order chi connectivity index (χ0) is 26.5. The number of hydrogen-bond donors (Lipinski definition) is 3. The standard InChI is InChI=1S/C29H41N3O4/c1-5-7-8-22(6-2)19-32(29(36)31-26-15-13-24(14-16-26)21(3)4)20-23-9-11-25(12-10-23)28(35)30-18-17-27(33)34/h9-16,21-22H,5-8,17-20H2,1-4H3,(H,30,35)(H,31,36)(H,33,34). The molecule has 196 valence electrons. The van der Waals surface area contributed by atoms with Crippen molar-refractivity contribution in [3.63, 3.8) is 0 Å². The molecule has 0 saturated heterocycles. The smallest absolute Gasteiger partial charge is 0.322 e. The number of urea groups is 1. The lowest BCUT2D eigenvalue weighted by atomic mass is 9.98. The van der Waals surface area contributed by atoms with Gasteiger partial charge in [-0.25, -0.2) is 4.79 Å². The number of amides is 3. The largest absolute Gasteiger partial charge is 0.481 e. The number of carbonyl (C=O) groups is 3. The first-order valence-corrected chi connectivity index (χ1v) is 13.0. The fourth-order valence-corrected chi connectivity index (χ4v) is 3.97. The third-order valence-corrected chi connectivity index (χ3v) is 6.35. The molecule has 0 aromatic heterocycles. The van der Waals surface area contributed by atoms with Crippen molar-refractivity contribution in [2.45, 2.75) is 72.3 Å². The van der Waals surface area contributed by atoms with Gasteiger partial charge in [-0.2, -0.15) is 0 Å². The molecule has 2 aromatic carbocycles. The van der Waals surface area contributed by atoms with Crippen LogP contribution in [0.2, 0.25) is 0 Å². The van der Waals surface area contributed by atoms with E-state index in [9.17, 15) is 14.4 Å². The number of aliphatic carboxylic acids is 1. The lowest BCUT2D eigenvalue weighted by Crippen LogP contribution is -2.38. The molecule has 0 heterocycles. The molecule has 7 nitrogen and oxygen atoms in total. The van der Waals surface area contributed by atoms with Crippen molar-refractivity contribution in [2.24, 2.45) is 5.92 Å². The number of nitrogens with zero attached hydrogens (tertiary/aromatic N) is 1. The van der Waals surface area contributed by atoms with E-state index in [1.165, 1.54) is 5.56 Å². The van der Waals surface area contributed by atoms with Crippen molar-refractivity contribution < 1.29 is 19.5 Å². The van der Waals surface area contributed by atoms with Crippen molar-refractivity contribution in [3.05, 3.63) is 65.2 Å². The molecule has 3 N–H and O–H groups in total. The van der Waals surface area contributed by atoms with E-state index in [2.05, 4.69) is 38.3 Å². The van der Waals surface area contributed by atoms with Crippen LogP contribution in [0.5, 0.6) is 0 Å². The van der Waals surface area contributed by atoms with Gasteiger partial charge < -0.3 is 20.6 Å². The summed E-state index contributed by atoms with van der Waals surface area (Å²) in [5.74, 6) is -0.423. The number of carboxylic acids is 1. The van der Waals surface area contributed by atoms with Crippen LogP contribution in [0.1, 0.15) is 87.2 Å². The first kappa shape index (κ1) is 28.9. The molecule has 36 heavy (non-hydrogen) atoms. The van der Waals surface area contributed by atoms with Crippen LogP contribution < -0.4 is 10.6 Å². The number of carboxylic acid groups (broad SMARTS) is 1. The number of anilines is 1. The van der Waals surface area contributed by atoms with E-state index in [-0.39, 0.29) is 24.9 Å². The predicted octanol–water partition coefficient (Wildman–Crippen LogP) is 6.27. The summed E-state index contributed by atoms with van der Waals surface area (Å²) < 4.78 is 0. The first-order chi connectivity index (χ1) is 17.2. The minimum absolute atomic E-state index is 0.0815. The van der Waals surface area contributed by atoms with Gasteiger partial charge in [-0.15, -0.1) is 0 Å². The molecular weight excluding hydrogens is 454 g/mol. The summed E-state index contributed by atoms with van der Waals surface area (Å²) in [4.78, 5) is 38.0. The Morgan fingerprint density at radius 2 is 1.64 bits per heavy atom. The van der Waals surface area contributed by atoms with Gasteiger partial charge in [-0.05, 0) is 53.6 Å². The fourth-order valence-electron chi connectivity index (χ4n) is 3.97. The van der Waals surface area contributed by atoms with Gasteiger partial charge in [0, 0.05) is 30.9 Å². The third-order valence-electron chi connectivity index (χ3n) is 6.35. The molecular formula is C29H41N3O4. The normalized spacial score (nSPS) is 11.7. The van der Waals surface area contributed by atoms with Gasteiger partial charge in [-0.3, -0.25) is 9.59 Å². The summed E-state index contributed by atoms with van der Waals surface area (Å²) in [5, 5.41) is 14.4. The van der Waals surface area contributed by atoms with E-state index in [0.29, 0.717) is 30.5 Å². The van der Waals surface area contributed by atoms with Crippen molar-refractivity contribution in [3.8, 4) is 0 Å². The van der Waals surface area contributed by atoms with Crippen LogP contribution in [0.15, 0.2) is 48.5 Å². The van der Waals surface area contributed by atoms with Crippen molar-refractivity contribution >= 4 is 23.6 Å². The lowest BCUT2D eigenvalue weighted by molar-refractivity contribution is -0.136. The van der Waals surface area contributed by atoms with Crippen LogP contribution in [0.25, 0.3) is 0 Å². The van der Waals surface area contributed by atoms with Crippen LogP contribution in [0, 0.1) is 5.92 Å². The zero-order valence-electron chi connectivity index (χ0n) is 22.0. The number of benzene rings is 2. The monoisotopic (exact) mass is 495 g/mol. The van der Waals surface area contributed by atoms with Gasteiger partial charge >= 0.3 is 12.0 Å². The highest BCUT2D eigenvalue weighted by molar-refractivity contribution is 5.94. The summed E-state index contributed by atoms with van der Waals surface area (Å²) in [7, 11) is 0. The van der Waals surface area contributed by atoms with E-state index in [0.717, 1.165) is 36.9 Å². The quantitative estimate of drug-likeness (QED) is 0.288. The Kier molecular flexibility index (Phi) is 12.0. The third kappa shape index (κ3) is 9.72. The molecule has 0 bridgehead atoms. The Bertz CT molecular complexity index is 971. The summed E-state index contributed by atoms with van der Waals surface area (Å²) in [5.41, 5.74) is 3.37. The molecule has 1 atom stereocenters. The summed E-state index contributed by atoms with van der Waals surface area (Å²) in [6.07, 6.45) is 4.22. The minimum Gasteiger partial charge on any atom is -0.481 e. The summed E-state index contributed by atoms with van der Waals surface area (Å²) >= 11 is 0. The molecule has 2 rings (SSSR count). The maximum atomic E-state index is 13.3. The second kappa shape index (κ2) is 14.9. The molecule has 0 fully saturated rings. The Labute approximate surface area is 215 Å². The molecule has 0 spiro atoms. The molecule has 0 aliphatic heterocycles. The summed E-state index contributed by atoms with van der Waals surface area (Å²) in [6.45, 7) is 9.79. The van der Waals surface area contributed by atoms with E-state index in [4.69, 9.17) is 5.11 Å². The van der Waals surface area contributed by atoms with Gasteiger partial charge in [0.25, 0.3) is 5.91 Å². The van der Waals surface area contributed by atoms with E-state index in [1.54, 1.807) is 12.1 Å². The van der Waals surface area contributed by atoms with Crippen molar-refractivity contribution in [2.75, 3.05) is 18.4 Å². The number of nitrogens with one attached hydrogen (secondary N) is 2. The van der Waals surface area contributed by atoms with Crippen LogP contribution >= 0.6 is 0 Å². The highest BCUT2D eigenvalue weighted by Crippen LogP contribution is 2.20. The first-order valence-electron chi connectivity index (χ1n) is 13.0. The molecule has 3 amide bonds. The Morgan fingerprint density at radius 3 is 2.19 bits per heavy atom.